The van der Waals surface area contributed by atoms with Crippen LogP contribution in [0.15, 0.2) is 18.3 Å². The molecule has 0 N–H and O–H groups in total. The second-order valence-corrected chi connectivity index (χ2v) is 6.83. The summed E-state index contributed by atoms with van der Waals surface area (Å²) in [5.74, 6) is 0.764. The van der Waals surface area contributed by atoms with Crippen molar-refractivity contribution >= 4 is 5.78 Å². The molecule has 2 atom stereocenters. The number of fused-ring (bicyclic) bond motifs is 1. The van der Waals surface area contributed by atoms with Gasteiger partial charge in [0.05, 0.1) is 11.6 Å². The van der Waals surface area contributed by atoms with Gasteiger partial charge in [-0.2, -0.15) is 0 Å². The van der Waals surface area contributed by atoms with Crippen molar-refractivity contribution in [1.82, 2.24) is 4.98 Å². The Morgan fingerprint density at radius 2 is 2.16 bits per heavy atom. The van der Waals surface area contributed by atoms with E-state index in [9.17, 15) is 4.79 Å². The van der Waals surface area contributed by atoms with Crippen molar-refractivity contribution in [2.75, 3.05) is 0 Å². The number of hydrogen-bond donors (Lipinski definition) is 0. The zero-order valence-corrected chi connectivity index (χ0v) is 12.0. The van der Waals surface area contributed by atoms with Crippen LogP contribution < -0.4 is 0 Å². The highest BCUT2D eigenvalue weighted by molar-refractivity contribution is 5.88. The van der Waals surface area contributed by atoms with E-state index in [0.29, 0.717) is 5.78 Å². The van der Waals surface area contributed by atoms with Crippen molar-refractivity contribution in [2.45, 2.75) is 58.3 Å². The molecule has 0 saturated heterocycles. The van der Waals surface area contributed by atoms with Crippen molar-refractivity contribution < 1.29 is 4.79 Å². The van der Waals surface area contributed by atoms with Crippen LogP contribution in [-0.4, -0.2) is 10.8 Å². The maximum absolute atomic E-state index is 12.9. The van der Waals surface area contributed by atoms with Crippen LogP contribution >= 0.6 is 0 Å². The number of aryl methyl sites for hydroxylation is 1. The molecule has 2 unspecified atom stereocenters. The quantitative estimate of drug-likeness (QED) is 0.804. The maximum atomic E-state index is 12.9. The fraction of sp³-hybridized carbons (Fsp3) is 0.647. The molecule has 2 nitrogen and oxygen atoms in total. The normalized spacial score (nSPS) is 28.9. The van der Waals surface area contributed by atoms with Gasteiger partial charge in [-0.3, -0.25) is 9.78 Å². The molecule has 2 aliphatic carbocycles. The zero-order chi connectivity index (χ0) is 13.5. The van der Waals surface area contributed by atoms with Crippen LogP contribution in [0.2, 0.25) is 0 Å². The van der Waals surface area contributed by atoms with Gasteiger partial charge in [-0.25, -0.2) is 0 Å². The molecule has 102 valence electrons. The van der Waals surface area contributed by atoms with Gasteiger partial charge in [-0.05, 0) is 49.1 Å². The molecule has 1 fully saturated rings. The lowest BCUT2D eigenvalue weighted by Gasteiger charge is -2.31. The summed E-state index contributed by atoms with van der Waals surface area (Å²) in [6.45, 7) is 4.51. The monoisotopic (exact) mass is 257 g/mol. The standard InChI is InChI=1S/C17H23NO/c1-17(2)10-4-9-14(17)16(19)13-8-3-6-12-7-5-11-18-15(12)13/h5,7,11,13-14H,3-4,6,8-10H2,1-2H3. The summed E-state index contributed by atoms with van der Waals surface area (Å²) < 4.78 is 0. The second-order valence-electron chi connectivity index (χ2n) is 6.83. The van der Waals surface area contributed by atoms with Gasteiger partial charge in [0.1, 0.15) is 5.78 Å². The Bertz CT molecular complexity index is 492. The number of carbonyl (C=O) groups is 1. The summed E-state index contributed by atoms with van der Waals surface area (Å²) >= 11 is 0. The highest BCUT2D eigenvalue weighted by Gasteiger charge is 2.43. The third-order valence-electron chi connectivity index (χ3n) is 5.14. The van der Waals surface area contributed by atoms with Crippen molar-refractivity contribution in [3.05, 3.63) is 29.6 Å². The van der Waals surface area contributed by atoms with Gasteiger partial charge in [-0.15, -0.1) is 0 Å². The molecular weight excluding hydrogens is 234 g/mol. The number of ketones is 1. The van der Waals surface area contributed by atoms with Crippen molar-refractivity contribution in [2.24, 2.45) is 11.3 Å². The van der Waals surface area contributed by atoms with Crippen LogP contribution in [-0.2, 0) is 11.2 Å². The number of hydrogen-bond acceptors (Lipinski definition) is 2. The molecule has 0 radical (unpaired) electrons. The molecule has 1 aromatic rings. The minimum Gasteiger partial charge on any atom is -0.299 e. The first-order chi connectivity index (χ1) is 9.09. The van der Waals surface area contributed by atoms with Crippen molar-refractivity contribution in [1.29, 1.82) is 0 Å². The van der Waals surface area contributed by atoms with E-state index in [1.54, 1.807) is 0 Å². The van der Waals surface area contributed by atoms with Gasteiger partial charge in [0, 0.05) is 12.1 Å². The zero-order valence-electron chi connectivity index (χ0n) is 12.0. The van der Waals surface area contributed by atoms with Crippen LogP contribution in [0.1, 0.15) is 63.1 Å². The molecule has 0 spiro atoms. The van der Waals surface area contributed by atoms with E-state index < -0.39 is 0 Å². The van der Waals surface area contributed by atoms with Crippen LogP contribution in [0.3, 0.4) is 0 Å². The Hall–Kier alpha value is -1.18. The van der Waals surface area contributed by atoms with E-state index >= 15 is 0 Å². The van der Waals surface area contributed by atoms with Gasteiger partial charge in [0.25, 0.3) is 0 Å². The van der Waals surface area contributed by atoms with E-state index in [2.05, 4.69) is 24.9 Å². The summed E-state index contributed by atoms with van der Waals surface area (Å²) in [5, 5.41) is 0. The SMILES string of the molecule is CC1(C)CCCC1C(=O)C1CCCc2cccnc21. The molecule has 0 bridgehead atoms. The predicted molar refractivity (Wildman–Crippen MR) is 76.0 cm³/mol. The number of carbonyl (C=O) groups excluding carboxylic acids is 1. The molecule has 1 saturated carbocycles. The van der Waals surface area contributed by atoms with Crippen molar-refractivity contribution in [3.8, 4) is 0 Å². The van der Waals surface area contributed by atoms with Gasteiger partial charge in [-0.1, -0.05) is 26.3 Å². The third kappa shape index (κ3) is 2.22. The largest absolute Gasteiger partial charge is 0.299 e. The molecule has 1 heterocycles. The predicted octanol–water partition coefficient (Wildman–Crippen LogP) is 3.90. The molecule has 1 aromatic heterocycles. The van der Waals surface area contributed by atoms with Crippen molar-refractivity contribution in [3.63, 3.8) is 0 Å². The van der Waals surface area contributed by atoms with Gasteiger partial charge in [0.2, 0.25) is 0 Å². The minimum absolute atomic E-state index is 0.0623. The van der Waals surface area contributed by atoms with Crippen LogP contribution in [0, 0.1) is 11.3 Å². The van der Waals surface area contributed by atoms with Crippen LogP contribution in [0.5, 0.6) is 0 Å². The average molecular weight is 257 g/mol. The Morgan fingerprint density at radius 3 is 2.89 bits per heavy atom. The Labute approximate surface area is 115 Å². The lowest BCUT2D eigenvalue weighted by molar-refractivity contribution is -0.127. The summed E-state index contributed by atoms with van der Waals surface area (Å²) in [6, 6.07) is 4.13. The number of nitrogens with zero attached hydrogens (tertiary/aromatic N) is 1. The van der Waals surface area contributed by atoms with Crippen LogP contribution in [0.4, 0.5) is 0 Å². The summed E-state index contributed by atoms with van der Waals surface area (Å²) in [5.41, 5.74) is 2.55. The summed E-state index contributed by atoms with van der Waals surface area (Å²) in [7, 11) is 0. The maximum Gasteiger partial charge on any atom is 0.145 e. The Kier molecular flexibility index (Phi) is 3.20. The Morgan fingerprint density at radius 1 is 1.32 bits per heavy atom. The number of pyridine rings is 1. The highest BCUT2D eigenvalue weighted by Crippen LogP contribution is 2.46. The average Bonchev–Trinajstić information content (AvgIpc) is 2.77. The molecule has 0 aromatic carbocycles. The first-order valence-electron chi connectivity index (χ1n) is 7.57. The highest BCUT2D eigenvalue weighted by atomic mass is 16.1. The van der Waals surface area contributed by atoms with E-state index in [-0.39, 0.29) is 17.3 Å². The van der Waals surface area contributed by atoms with E-state index in [1.807, 2.05) is 12.3 Å². The molecule has 2 heteroatoms. The van der Waals surface area contributed by atoms with E-state index in [4.69, 9.17) is 0 Å². The van der Waals surface area contributed by atoms with Gasteiger partial charge in [0.15, 0.2) is 0 Å². The first kappa shape index (κ1) is 12.8. The molecule has 0 aliphatic heterocycles. The fourth-order valence-corrected chi connectivity index (χ4v) is 3.98. The Balaban J connectivity index is 1.89. The fourth-order valence-electron chi connectivity index (χ4n) is 3.98. The number of rotatable bonds is 2. The molecule has 19 heavy (non-hydrogen) atoms. The first-order valence-corrected chi connectivity index (χ1v) is 7.57. The van der Waals surface area contributed by atoms with Gasteiger partial charge < -0.3 is 0 Å². The number of aromatic nitrogens is 1. The van der Waals surface area contributed by atoms with Crippen LogP contribution in [0.25, 0.3) is 0 Å². The molecule has 3 rings (SSSR count). The summed E-state index contributed by atoms with van der Waals surface area (Å²) in [6.07, 6.45) is 8.50. The molecule has 0 amide bonds. The minimum atomic E-state index is 0.0623. The third-order valence-corrected chi connectivity index (χ3v) is 5.14. The lowest BCUT2D eigenvalue weighted by atomic mass is 9.72. The molecular formula is C17H23NO. The lowest BCUT2D eigenvalue weighted by Crippen LogP contribution is -2.32. The van der Waals surface area contributed by atoms with E-state index in [0.717, 1.165) is 31.4 Å². The topological polar surface area (TPSA) is 30.0 Å². The second kappa shape index (κ2) is 4.73. The summed E-state index contributed by atoms with van der Waals surface area (Å²) in [4.78, 5) is 17.5. The van der Waals surface area contributed by atoms with Gasteiger partial charge >= 0.3 is 0 Å². The molecule has 2 aliphatic rings. The smallest absolute Gasteiger partial charge is 0.145 e. The number of Topliss-reactive ketones (excluding diaryl/α,β-unsaturated/α-hetero) is 1. The van der Waals surface area contributed by atoms with E-state index in [1.165, 1.54) is 18.4 Å².